The van der Waals surface area contributed by atoms with Crippen LogP contribution < -0.4 is 5.73 Å². The molecule has 0 unspecified atom stereocenters. The predicted molar refractivity (Wildman–Crippen MR) is 55.6 cm³/mol. The van der Waals surface area contributed by atoms with E-state index in [9.17, 15) is 0 Å². The zero-order valence-electron chi connectivity index (χ0n) is 6.87. The Bertz CT molecular complexity index is 366. The molecule has 0 bridgehead atoms. The topological polar surface area (TPSA) is 62.7 Å². The standard InChI is InChI=1S/C9H8BrN3/c10-8-5-7(3-1-2-4-11)9(12)13-6-8/h1,3,5-6H,2H2,(H2,12,13). The highest BCUT2D eigenvalue weighted by Gasteiger charge is 1.96. The van der Waals surface area contributed by atoms with Crippen LogP contribution in [-0.2, 0) is 0 Å². The van der Waals surface area contributed by atoms with Crippen LogP contribution >= 0.6 is 15.9 Å². The molecule has 0 aliphatic heterocycles. The monoisotopic (exact) mass is 237 g/mol. The maximum atomic E-state index is 8.31. The lowest BCUT2D eigenvalue weighted by atomic mass is 10.2. The molecule has 0 fully saturated rings. The SMILES string of the molecule is N#CCC=Cc1cc(Br)cnc1N. The van der Waals surface area contributed by atoms with E-state index >= 15 is 0 Å². The van der Waals surface area contributed by atoms with Crippen LogP contribution in [0.5, 0.6) is 0 Å². The molecular formula is C9H8BrN3. The maximum Gasteiger partial charge on any atom is 0.130 e. The second-order valence-electron chi connectivity index (χ2n) is 2.39. The number of allylic oxidation sites excluding steroid dienone is 1. The molecule has 1 rings (SSSR count). The molecule has 1 aromatic rings. The molecule has 3 nitrogen and oxygen atoms in total. The Labute approximate surface area is 85.0 Å². The Kier molecular flexibility index (Phi) is 3.47. The van der Waals surface area contributed by atoms with Gasteiger partial charge in [-0.3, -0.25) is 0 Å². The van der Waals surface area contributed by atoms with Crippen molar-refractivity contribution in [3.63, 3.8) is 0 Å². The van der Waals surface area contributed by atoms with Gasteiger partial charge in [0.2, 0.25) is 0 Å². The van der Waals surface area contributed by atoms with Crippen molar-refractivity contribution < 1.29 is 0 Å². The molecule has 0 aliphatic rings. The summed E-state index contributed by atoms with van der Waals surface area (Å²) in [5.74, 6) is 0.470. The van der Waals surface area contributed by atoms with E-state index in [4.69, 9.17) is 11.0 Å². The molecule has 0 atom stereocenters. The highest BCUT2D eigenvalue weighted by Crippen LogP contribution is 2.16. The van der Waals surface area contributed by atoms with Crippen molar-refractivity contribution in [1.29, 1.82) is 5.26 Å². The van der Waals surface area contributed by atoms with Gasteiger partial charge in [0, 0.05) is 16.2 Å². The average molecular weight is 238 g/mol. The van der Waals surface area contributed by atoms with E-state index < -0.39 is 0 Å². The fraction of sp³-hybridized carbons (Fsp3) is 0.111. The van der Waals surface area contributed by atoms with E-state index in [1.54, 1.807) is 18.3 Å². The van der Waals surface area contributed by atoms with Crippen LogP contribution in [0.3, 0.4) is 0 Å². The van der Waals surface area contributed by atoms with Gasteiger partial charge in [-0.2, -0.15) is 5.26 Å². The zero-order valence-corrected chi connectivity index (χ0v) is 8.45. The summed E-state index contributed by atoms with van der Waals surface area (Å²) in [6.45, 7) is 0. The molecule has 0 spiro atoms. The predicted octanol–water partition coefficient (Wildman–Crippen LogP) is 2.35. The van der Waals surface area contributed by atoms with Crippen molar-refractivity contribution >= 4 is 27.8 Å². The van der Waals surface area contributed by atoms with E-state index in [0.29, 0.717) is 12.2 Å². The van der Waals surface area contributed by atoms with E-state index in [1.807, 2.05) is 12.1 Å². The second kappa shape index (κ2) is 4.63. The van der Waals surface area contributed by atoms with Crippen LogP contribution in [0.2, 0.25) is 0 Å². The summed E-state index contributed by atoms with van der Waals surface area (Å²) in [7, 11) is 0. The van der Waals surface area contributed by atoms with Crippen molar-refractivity contribution in [1.82, 2.24) is 4.98 Å². The minimum Gasteiger partial charge on any atom is -0.383 e. The smallest absolute Gasteiger partial charge is 0.130 e. The van der Waals surface area contributed by atoms with Gasteiger partial charge in [-0.25, -0.2) is 4.98 Å². The number of nitrogens with two attached hydrogens (primary N) is 1. The van der Waals surface area contributed by atoms with Crippen LogP contribution in [0, 0.1) is 11.3 Å². The maximum absolute atomic E-state index is 8.31. The van der Waals surface area contributed by atoms with Gasteiger partial charge in [0.05, 0.1) is 12.5 Å². The molecule has 1 aromatic heterocycles. The third kappa shape index (κ3) is 2.88. The number of pyridine rings is 1. The van der Waals surface area contributed by atoms with E-state index in [1.165, 1.54) is 0 Å². The lowest BCUT2D eigenvalue weighted by Crippen LogP contribution is -1.92. The number of hydrogen-bond acceptors (Lipinski definition) is 3. The van der Waals surface area contributed by atoms with Crippen molar-refractivity contribution in [3.05, 3.63) is 28.4 Å². The molecule has 0 aromatic carbocycles. The highest BCUT2D eigenvalue weighted by molar-refractivity contribution is 9.10. The first kappa shape index (κ1) is 9.75. The third-order valence-electron chi connectivity index (χ3n) is 1.42. The van der Waals surface area contributed by atoms with Gasteiger partial charge in [-0.15, -0.1) is 0 Å². The number of anilines is 1. The van der Waals surface area contributed by atoms with Crippen LogP contribution in [0.1, 0.15) is 12.0 Å². The molecule has 0 amide bonds. The molecule has 0 saturated carbocycles. The lowest BCUT2D eigenvalue weighted by molar-refractivity contribution is 1.30. The number of halogens is 1. The third-order valence-corrected chi connectivity index (χ3v) is 1.86. The number of nitriles is 1. The van der Waals surface area contributed by atoms with Gasteiger partial charge < -0.3 is 5.73 Å². The van der Waals surface area contributed by atoms with E-state index in [-0.39, 0.29) is 0 Å². The molecule has 4 heteroatoms. The average Bonchev–Trinajstić information content (AvgIpc) is 2.11. The van der Waals surface area contributed by atoms with Gasteiger partial charge in [0.1, 0.15) is 5.82 Å². The second-order valence-corrected chi connectivity index (χ2v) is 3.31. The van der Waals surface area contributed by atoms with Crippen molar-refractivity contribution in [2.24, 2.45) is 0 Å². The van der Waals surface area contributed by atoms with Crippen LogP contribution in [0.25, 0.3) is 6.08 Å². The zero-order chi connectivity index (χ0) is 9.68. The first-order valence-electron chi connectivity index (χ1n) is 3.68. The Morgan fingerprint density at radius 2 is 2.46 bits per heavy atom. The number of hydrogen-bond donors (Lipinski definition) is 1. The molecule has 1 heterocycles. The minimum absolute atomic E-state index is 0.381. The first-order valence-corrected chi connectivity index (χ1v) is 4.48. The summed E-state index contributed by atoms with van der Waals surface area (Å²) in [6, 6.07) is 3.87. The number of nitrogen functional groups attached to an aromatic ring is 1. The molecule has 2 N–H and O–H groups in total. The molecule has 0 aliphatic carbocycles. The molecule has 13 heavy (non-hydrogen) atoms. The van der Waals surface area contributed by atoms with Crippen molar-refractivity contribution in [2.75, 3.05) is 5.73 Å². The number of aromatic nitrogens is 1. The summed E-state index contributed by atoms with van der Waals surface area (Å²) in [5, 5.41) is 8.31. The van der Waals surface area contributed by atoms with E-state index in [2.05, 4.69) is 20.9 Å². The Hall–Kier alpha value is -1.34. The Morgan fingerprint density at radius 3 is 3.15 bits per heavy atom. The summed E-state index contributed by atoms with van der Waals surface area (Å²) >= 11 is 3.29. The first-order chi connectivity index (χ1) is 6.24. The molecule has 0 radical (unpaired) electrons. The summed E-state index contributed by atoms with van der Waals surface area (Å²) in [6.07, 6.45) is 5.55. The Morgan fingerprint density at radius 1 is 1.69 bits per heavy atom. The number of rotatable bonds is 2. The van der Waals surface area contributed by atoms with Gasteiger partial charge >= 0.3 is 0 Å². The highest BCUT2D eigenvalue weighted by atomic mass is 79.9. The molecular weight excluding hydrogens is 230 g/mol. The Balaban J connectivity index is 2.88. The van der Waals surface area contributed by atoms with Crippen LogP contribution in [0.4, 0.5) is 5.82 Å². The summed E-state index contributed by atoms with van der Waals surface area (Å²) in [5.41, 5.74) is 6.43. The van der Waals surface area contributed by atoms with Gasteiger partial charge in [0.25, 0.3) is 0 Å². The van der Waals surface area contributed by atoms with Gasteiger partial charge in [-0.1, -0.05) is 12.2 Å². The molecule has 0 saturated heterocycles. The van der Waals surface area contributed by atoms with Crippen molar-refractivity contribution in [2.45, 2.75) is 6.42 Å². The fourth-order valence-electron chi connectivity index (χ4n) is 0.838. The van der Waals surface area contributed by atoms with Crippen LogP contribution in [-0.4, -0.2) is 4.98 Å². The van der Waals surface area contributed by atoms with Crippen molar-refractivity contribution in [3.8, 4) is 6.07 Å². The minimum atomic E-state index is 0.381. The summed E-state index contributed by atoms with van der Waals surface area (Å²) < 4.78 is 0.873. The molecule has 66 valence electrons. The van der Waals surface area contributed by atoms with Gasteiger partial charge in [0.15, 0.2) is 0 Å². The quantitative estimate of drug-likeness (QED) is 0.860. The van der Waals surface area contributed by atoms with E-state index in [0.717, 1.165) is 10.0 Å². The van der Waals surface area contributed by atoms with Gasteiger partial charge in [-0.05, 0) is 22.0 Å². The fourth-order valence-corrected chi connectivity index (χ4v) is 1.19. The van der Waals surface area contributed by atoms with Crippen LogP contribution in [0.15, 0.2) is 22.8 Å². The summed E-state index contributed by atoms with van der Waals surface area (Å²) in [4.78, 5) is 3.95. The largest absolute Gasteiger partial charge is 0.383 e. The number of nitrogens with zero attached hydrogens (tertiary/aromatic N) is 2. The normalized spacial score (nSPS) is 10.2. The lowest BCUT2D eigenvalue weighted by Gasteiger charge is -1.98.